The Labute approximate surface area is 232 Å². The summed E-state index contributed by atoms with van der Waals surface area (Å²) in [6, 6.07) is 6.66. The van der Waals surface area contributed by atoms with Crippen molar-refractivity contribution in [2.75, 3.05) is 37.0 Å². The Kier molecular flexibility index (Phi) is 6.91. The third kappa shape index (κ3) is 4.80. The quantitative estimate of drug-likeness (QED) is 0.183. The van der Waals surface area contributed by atoms with Crippen LogP contribution in [0.4, 0.5) is 17.1 Å². The minimum absolute atomic E-state index is 0.0412. The number of ether oxygens (including phenoxy) is 1. The molecule has 0 radical (unpaired) electrons. The van der Waals surface area contributed by atoms with Gasteiger partial charge in [-0.3, -0.25) is 24.1 Å². The molecule has 41 heavy (non-hydrogen) atoms. The zero-order chi connectivity index (χ0) is 28.8. The number of aliphatic hydroxyl groups excluding tert-OH is 2. The molecule has 2 aromatic carbocycles. The smallest absolute Gasteiger partial charge is 0.329 e. The van der Waals surface area contributed by atoms with Crippen molar-refractivity contribution in [2.45, 2.75) is 44.2 Å². The molecular formula is C28H32N6O7. The summed E-state index contributed by atoms with van der Waals surface area (Å²) in [5.74, 6) is 0.439. The fourth-order valence-electron chi connectivity index (χ4n) is 6.00. The van der Waals surface area contributed by atoms with E-state index in [1.807, 2.05) is 0 Å². The van der Waals surface area contributed by atoms with E-state index in [4.69, 9.17) is 4.74 Å². The maximum absolute atomic E-state index is 13.4. The third-order valence-electron chi connectivity index (χ3n) is 8.14. The number of fused-ring (bicyclic) bond motifs is 2. The van der Waals surface area contributed by atoms with Crippen molar-refractivity contribution in [3.8, 4) is 5.75 Å². The second kappa shape index (κ2) is 10.6. The van der Waals surface area contributed by atoms with Gasteiger partial charge in [-0.05, 0) is 56.2 Å². The van der Waals surface area contributed by atoms with Crippen LogP contribution in [0, 0.1) is 5.92 Å². The van der Waals surface area contributed by atoms with Crippen LogP contribution in [-0.4, -0.2) is 62.6 Å². The van der Waals surface area contributed by atoms with Gasteiger partial charge in [-0.15, -0.1) is 0 Å². The number of piperidine rings is 1. The van der Waals surface area contributed by atoms with E-state index in [-0.39, 0.29) is 29.3 Å². The van der Waals surface area contributed by atoms with Crippen LogP contribution in [0.3, 0.4) is 0 Å². The molecule has 13 heteroatoms. The number of anilines is 3. The number of hydrogen-bond acceptors (Lipinski definition) is 9. The van der Waals surface area contributed by atoms with Crippen LogP contribution in [-0.2, 0) is 0 Å². The summed E-state index contributed by atoms with van der Waals surface area (Å²) in [5, 5.41) is 23.3. The maximum atomic E-state index is 13.4. The van der Waals surface area contributed by atoms with Gasteiger partial charge in [-0.2, -0.15) is 0 Å². The van der Waals surface area contributed by atoms with Crippen molar-refractivity contribution in [3.63, 3.8) is 0 Å². The zero-order valence-corrected chi connectivity index (χ0v) is 22.5. The van der Waals surface area contributed by atoms with Gasteiger partial charge in [0.25, 0.3) is 11.1 Å². The summed E-state index contributed by atoms with van der Waals surface area (Å²) >= 11 is 0. The van der Waals surface area contributed by atoms with Crippen molar-refractivity contribution in [1.29, 1.82) is 0 Å². The SMILES string of the molecule is COc1c(N2CCC(C(O)CCO)CC2)cc(Nc2cccc3[nH]c(=O)[nH]c(=O)c23)c2c(=O)[nH]c(=O)n(C3CC3)c12. The van der Waals surface area contributed by atoms with Gasteiger partial charge in [0.05, 0.1) is 46.6 Å². The molecule has 1 aliphatic carbocycles. The molecule has 3 heterocycles. The Balaban J connectivity index is 1.54. The molecule has 6 N–H and O–H groups in total. The highest BCUT2D eigenvalue weighted by atomic mass is 16.5. The van der Waals surface area contributed by atoms with Crippen LogP contribution in [0.2, 0.25) is 0 Å². The third-order valence-corrected chi connectivity index (χ3v) is 8.14. The molecule has 2 aliphatic rings. The first kappa shape index (κ1) is 26.8. The van der Waals surface area contributed by atoms with E-state index in [0.29, 0.717) is 66.2 Å². The molecule has 0 spiro atoms. The number of rotatable bonds is 8. The second-order valence-electron chi connectivity index (χ2n) is 10.7. The number of methoxy groups -OCH3 is 1. The normalized spacial score (nSPS) is 16.8. The number of aromatic nitrogens is 4. The van der Waals surface area contributed by atoms with Crippen molar-refractivity contribution in [3.05, 3.63) is 65.9 Å². The number of nitrogens with zero attached hydrogens (tertiary/aromatic N) is 2. The molecule has 1 unspecified atom stereocenters. The molecule has 216 valence electrons. The Morgan fingerprint density at radius 3 is 2.41 bits per heavy atom. The predicted molar refractivity (Wildman–Crippen MR) is 155 cm³/mol. The second-order valence-corrected chi connectivity index (χ2v) is 10.7. The van der Waals surface area contributed by atoms with E-state index in [1.54, 1.807) is 28.8 Å². The molecule has 1 saturated heterocycles. The van der Waals surface area contributed by atoms with Gasteiger partial charge in [0.1, 0.15) is 5.52 Å². The summed E-state index contributed by atoms with van der Waals surface area (Å²) in [7, 11) is 1.51. The highest BCUT2D eigenvalue weighted by Crippen LogP contribution is 2.45. The Bertz CT molecular complexity index is 1860. The average Bonchev–Trinajstić information content (AvgIpc) is 3.78. The van der Waals surface area contributed by atoms with E-state index >= 15 is 0 Å². The molecule has 1 saturated carbocycles. The van der Waals surface area contributed by atoms with Crippen molar-refractivity contribution < 1.29 is 14.9 Å². The average molecular weight is 565 g/mol. The lowest BCUT2D eigenvalue weighted by Crippen LogP contribution is -2.38. The lowest BCUT2D eigenvalue weighted by Gasteiger charge is -2.36. The molecule has 4 aromatic rings. The minimum Gasteiger partial charge on any atom is -0.492 e. The molecule has 13 nitrogen and oxygen atoms in total. The van der Waals surface area contributed by atoms with E-state index in [0.717, 1.165) is 12.8 Å². The molecule has 1 atom stereocenters. The highest BCUT2D eigenvalue weighted by molar-refractivity contribution is 6.03. The van der Waals surface area contributed by atoms with Crippen molar-refractivity contribution >= 4 is 38.9 Å². The number of hydrogen-bond donors (Lipinski definition) is 6. The van der Waals surface area contributed by atoms with Crippen LogP contribution in [0.1, 0.15) is 38.1 Å². The monoisotopic (exact) mass is 564 g/mol. The molecule has 6 rings (SSSR count). The minimum atomic E-state index is -0.630. The Morgan fingerprint density at radius 2 is 1.73 bits per heavy atom. The lowest BCUT2D eigenvalue weighted by atomic mass is 9.89. The fourth-order valence-corrected chi connectivity index (χ4v) is 6.00. The lowest BCUT2D eigenvalue weighted by molar-refractivity contribution is 0.0670. The fraction of sp³-hybridized carbons (Fsp3) is 0.429. The summed E-state index contributed by atoms with van der Waals surface area (Å²) in [6.45, 7) is 1.09. The van der Waals surface area contributed by atoms with E-state index < -0.39 is 28.6 Å². The van der Waals surface area contributed by atoms with Crippen LogP contribution in [0.15, 0.2) is 43.4 Å². The van der Waals surface area contributed by atoms with Gasteiger partial charge in [-0.25, -0.2) is 9.59 Å². The number of aliphatic hydroxyl groups is 2. The highest BCUT2D eigenvalue weighted by Gasteiger charge is 2.33. The molecule has 2 aromatic heterocycles. The molecular weight excluding hydrogens is 532 g/mol. The van der Waals surface area contributed by atoms with Crippen LogP contribution in [0.25, 0.3) is 21.8 Å². The number of aromatic amines is 3. The number of benzene rings is 2. The standard InChI is InChI=1S/C28H32N6O7/c1-41-24-19(33-10-7-14(8-11-33)20(36)9-12-35)13-18(22-23(24)34(15-5-6-15)28(40)32-26(22)38)29-16-3-2-4-17-21(16)25(37)31-27(39)30-17/h2-4,13-15,20,29,35-36H,5-12H2,1H3,(H,32,38,40)(H2,30,31,37,39). The van der Waals surface area contributed by atoms with E-state index in [1.165, 1.54) is 7.11 Å². The van der Waals surface area contributed by atoms with Gasteiger partial charge in [0.15, 0.2) is 5.75 Å². The van der Waals surface area contributed by atoms with E-state index in [9.17, 15) is 29.4 Å². The summed E-state index contributed by atoms with van der Waals surface area (Å²) in [4.78, 5) is 60.5. The molecule has 0 amide bonds. The first-order chi connectivity index (χ1) is 19.8. The number of nitrogens with one attached hydrogen (secondary N) is 4. The number of H-pyrrole nitrogens is 3. The molecule has 2 fully saturated rings. The largest absolute Gasteiger partial charge is 0.492 e. The zero-order valence-electron chi connectivity index (χ0n) is 22.5. The van der Waals surface area contributed by atoms with Gasteiger partial charge in [0, 0.05) is 25.7 Å². The Morgan fingerprint density at radius 1 is 1.00 bits per heavy atom. The first-order valence-electron chi connectivity index (χ1n) is 13.8. The van der Waals surface area contributed by atoms with Crippen molar-refractivity contribution in [2.24, 2.45) is 5.92 Å². The van der Waals surface area contributed by atoms with Crippen LogP contribution >= 0.6 is 0 Å². The van der Waals surface area contributed by atoms with Gasteiger partial charge in [-0.1, -0.05) is 6.07 Å². The summed E-state index contributed by atoms with van der Waals surface area (Å²) < 4.78 is 7.48. The van der Waals surface area contributed by atoms with Crippen LogP contribution in [0.5, 0.6) is 5.75 Å². The maximum Gasteiger partial charge on any atom is 0.329 e. The summed E-state index contributed by atoms with van der Waals surface area (Å²) in [5.41, 5.74) is -0.230. The Hall–Kier alpha value is -4.36. The summed E-state index contributed by atoms with van der Waals surface area (Å²) in [6.07, 6.45) is 2.68. The molecule has 0 bridgehead atoms. The topological polar surface area (TPSA) is 186 Å². The van der Waals surface area contributed by atoms with Gasteiger partial charge >= 0.3 is 11.4 Å². The van der Waals surface area contributed by atoms with E-state index in [2.05, 4.69) is 25.2 Å². The van der Waals surface area contributed by atoms with Crippen molar-refractivity contribution in [1.82, 2.24) is 19.5 Å². The predicted octanol–water partition coefficient (Wildman–Crippen LogP) is 1.27. The van der Waals surface area contributed by atoms with Gasteiger partial charge in [0.2, 0.25) is 0 Å². The molecule has 1 aliphatic heterocycles. The van der Waals surface area contributed by atoms with Gasteiger partial charge < -0.3 is 30.2 Å². The first-order valence-corrected chi connectivity index (χ1v) is 13.8. The van der Waals surface area contributed by atoms with Crippen LogP contribution < -0.4 is 37.5 Å².